The Hall–Kier alpha value is 0.736. The van der Waals surface area contributed by atoms with Crippen LogP contribution < -0.4 is 0 Å². The molecule has 2 aliphatic carbocycles. The first-order chi connectivity index (χ1) is 9.09. The molecule has 0 aromatic heterocycles. The van der Waals surface area contributed by atoms with Crippen LogP contribution in [0.1, 0.15) is 78.1 Å². The van der Waals surface area contributed by atoms with Crippen molar-refractivity contribution in [1.82, 2.24) is 0 Å². The Morgan fingerprint density at radius 1 is 0.950 bits per heavy atom. The summed E-state index contributed by atoms with van der Waals surface area (Å²) in [5.74, 6) is 4.51. The molecule has 2 saturated carbocycles. The zero-order valence-corrected chi connectivity index (χ0v) is 16.5. The molecular weight excluding hydrogens is 300 g/mol. The van der Waals surface area contributed by atoms with Gasteiger partial charge in [-0.1, -0.05) is 64.1 Å². The fraction of sp³-hybridized carbons (Fsp3) is 0.889. The van der Waals surface area contributed by atoms with Crippen LogP contribution in [0.5, 0.6) is 0 Å². The van der Waals surface area contributed by atoms with E-state index >= 15 is 0 Å². The quantitative estimate of drug-likeness (QED) is 0.319. The maximum absolute atomic E-state index is 2.47. The van der Waals surface area contributed by atoms with Gasteiger partial charge in [-0.15, -0.1) is 0 Å². The van der Waals surface area contributed by atoms with E-state index in [1.807, 2.05) is 0 Å². The molecule has 0 aromatic carbocycles. The minimum atomic E-state index is -0.258. The van der Waals surface area contributed by atoms with Crippen LogP contribution in [0, 0.1) is 17.8 Å². The summed E-state index contributed by atoms with van der Waals surface area (Å²) in [6.45, 7) is 9.56. The normalized spacial score (nSPS) is 23.6. The van der Waals surface area contributed by atoms with Crippen LogP contribution in [0.2, 0.25) is 19.1 Å². The molecule has 0 aromatic rings. The van der Waals surface area contributed by atoms with Crippen LogP contribution in [-0.4, -0.2) is 8.80 Å². The molecule has 20 heavy (non-hydrogen) atoms. The molecule has 2 fully saturated rings. The molecule has 0 radical (unpaired) electrons. The van der Waals surface area contributed by atoms with Gasteiger partial charge in [-0.05, 0) is 0 Å². The summed E-state index contributed by atoms with van der Waals surface area (Å²) in [7, 11) is -0.258. The molecule has 2 heteroatoms. The van der Waals surface area contributed by atoms with Gasteiger partial charge in [0.15, 0.2) is 0 Å². The first kappa shape index (κ1) is 20.7. The molecule has 1 unspecified atom stereocenters. The maximum Gasteiger partial charge on any atom is 2.00 e. The zero-order valence-electron chi connectivity index (χ0n) is 14.3. The van der Waals surface area contributed by atoms with Crippen molar-refractivity contribution in [2.75, 3.05) is 0 Å². The van der Waals surface area contributed by atoms with E-state index in [9.17, 15) is 0 Å². The first-order valence-electron chi connectivity index (χ1n) is 8.73. The van der Waals surface area contributed by atoms with E-state index in [2.05, 4.69) is 26.9 Å². The smallest absolute Gasteiger partial charge is 0.317 e. The Morgan fingerprint density at radius 2 is 1.60 bits per heavy atom. The van der Waals surface area contributed by atoms with Crippen LogP contribution >= 0.6 is 0 Å². The molecule has 0 N–H and O–H groups in total. The van der Waals surface area contributed by atoms with E-state index in [0.717, 1.165) is 5.92 Å². The molecule has 0 bridgehead atoms. The van der Waals surface area contributed by atoms with Gasteiger partial charge in [0, 0.05) is 8.80 Å². The van der Waals surface area contributed by atoms with E-state index in [0.29, 0.717) is 0 Å². The first-order valence-corrected chi connectivity index (χ1v) is 11.9. The van der Waals surface area contributed by atoms with Gasteiger partial charge in [0.25, 0.3) is 0 Å². The van der Waals surface area contributed by atoms with E-state index in [1.165, 1.54) is 64.2 Å². The van der Waals surface area contributed by atoms with Gasteiger partial charge < -0.3 is 11.8 Å². The third-order valence-electron chi connectivity index (χ3n) is 4.86. The van der Waals surface area contributed by atoms with Crippen molar-refractivity contribution >= 4 is 8.80 Å². The average Bonchev–Trinajstić information content (AvgIpc) is 2.97. The molecule has 1 atom stereocenters. The molecule has 2 rings (SSSR count). The number of rotatable bonds is 5. The van der Waals surface area contributed by atoms with Crippen molar-refractivity contribution < 1.29 is 17.1 Å². The third kappa shape index (κ3) is 9.63. The summed E-state index contributed by atoms with van der Waals surface area (Å²) in [6.07, 6.45) is 14.6. The van der Waals surface area contributed by atoms with Crippen molar-refractivity contribution in [1.29, 1.82) is 0 Å². The molecule has 0 amide bonds. The van der Waals surface area contributed by atoms with Crippen molar-refractivity contribution in [3.8, 4) is 0 Å². The molecule has 0 aliphatic heterocycles. The van der Waals surface area contributed by atoms with Crippen LogP contribution in [0.3, 0.4) is 0 Å². The van der Waals surface area contributed by atoms with Crippen LogP contribution in [0.4, 0.5) is 0 Å². The van der Waals surface area contributed by atoms with Gasteiger partial charge in [-0.3, -0.25) is 0 Å². The molecule has 0 nitrogen and oxygen atoms in total. The maximum atomic E-state index is 2.47. The Bertz CT molecular complexity index is 211. The van der Waals surface area contributed by atoms with Crippen molar-refractivity contribution in [3.05, 3.63) is 11.8 Å². The second-order valence-corrected chi connectivity index (χ2v) is 10.6. The van der Waals surface area contributed by atoms with E-state index < -0.39 is 0 Å². The standard InChI is InChI=1S/C12H25Si.C6H11.Fe/c1-11-7-6-9-12(11)8-4-5-10-13(2)3;1-6-4-2-3-5-6;/h12-13H,4-10H2,1-3H3;2-5H2,1H3;/q2*-1;+2. The SMILES string of the molecule is C[C-]1CCCC1.C[C-]1CCCC1CCCC[SiH](C)C.[Fe+2]. The van der Waals surface area contributed by atoms with E-state index in [1.54, 1.807) is 17.9 Å². The summed E-state index contributed by atoms with van der Waals surface area (Å²) in [5.41, 5.74) is 0. The molecule has 0 spiro atoms. The fourth-order valence-corrected chi connectivity index (χ4v) is 4.50. The number of unbranched alkanes of at least 4 members (excludes halogenated alkanes) is 1. The van der Waals surface area contributed by atoms with Gasteiger partial charge in [0.05, 0.1) is 0 Å². The Morgan fingerprint density at radius 3 is 2.00 bits per heavy atom. The molecule has 120 valence electrons. The van der Waals surface area contributed by atoms with Crippen molar-refractivity contribution in [2.24, 2.45) is 5.92 Å². The third-order valence-corrected chi connectivity index (χ3v) is 6.42. The molecule has 0 saturated heterocycles. The van der Waals surface area contributed by atoms with E-state index in [4.69, 9.17) is 0 Å². The summed E-state index contributed by atoms with van der Waals surface area (Å²) in [6, 6.07) is 1.56. The minimum absolute atomic E-state index is 0. The summed E-state index contributed by atoms with van der Waals surface area (Å²) < 4.78 is 0. The van der Waals surface area contributed by atoms with Crippen molar-refractivity contribution in [3.63, 3.8) is 0 Å². The topological polar surface area (TPSA) is 0 Å². The number of hydrogen-bond acceptors (Lipinski definition) is 0. The van der Waals surface area contributed by atoms with Crippen LogP contribution in [0.15, 0.2) is 0 Å². The van der Waals surface area contributed by atoms with Crippen molar-refractivity contribution in [2.45, 2.75) is 97.2 Å². The summed E-state index contributed by atoms with van der Waals surface area (Å²) >= 11 is 0. The predicted octanol–water partition coefficient (Wildman–Crippen LogP) is 6.19. The fourth-order valence-electron chi connectivity index (χ4n) is 3.39. The Balaban J connectivity index is 0.000000434. The number of hydrogen-bond donors (Lipinski definition) is 0. The molecule has 0 heterocycles. The van der Waals surface area contributed by atoms with Gasteiger partial charge in [-0.25, -0.2) is 0 Å². The van der Waals surface area contributed by atoms with Crippen LogP contribution in [0.25, 0.3) is 0 Å². The Kier molecular flexibility index (Phi) is 12.8. The summed E-state index contributed by atoms with van der Waals surface area (Å²) in [4.78, 5) is 0. The minimum Gasteiger partial charge on any atom is -0.317 e. The van der Waals surface area contributed by atoms with Crippen LogP contribution in [-0.2, 0) is 17.1 Å². The zero-order chi connectivity index (χ0) is 14.1. The predicted molar refractivity (Wildman–Crippen MR) is 91.2 cm³/mol. The molecular formula is C18H36FeSi. The van der Waals surface area contributed by atoms with Gasteiger partial charge in [0.2, 0.25) is 0 Å². The van der Waals surface area contributed by atoms with E-state index in [-0.39, 0.29) is 25.9 Å². The largest absolute Gasteiger partial charge is 2.00 e. The molecule has 2 aliphatic rings. The summed E-state index contributed by atoms with van der Waals surface area (Å²) in [5, 5.41) is 0. The van der Waals surface area contributed by atoms with Gasteiger partial charge in [-0.2, -0.15) is 39.0 Å². The second-order valence-electron chi connectivity index (χ2n) is 7.28. The monoisotopic (exact) mass is 336 g/mol. The van der Waals surface area contributed by atoms with Gasteiger partial charge >= 0.3 is 17.1 Å². The Labute approximate surface area is 141 Å². The average molecular weight is 336 g/mol. The van der Waals surface area contributed by atoms with Gasteiger partial charge in [0.1, 0.15) is 0 Å². The second kappa shape index (κ2) is 12.3.